The summed E-state index contributed by atoms with van der Waals surface area (Å²) in [5.74, 6) is 0.0774. The maximum atomic E-state index is 13.3. The van der Waals surface area contributed by atoms with Crippen molar-refractivity contribution in [2.75, 3.05) is 13.1 Å². The van der Waals surface area contributed by atoms with Gasteiger partial charge in [0.15, 0.2) is 0 Å². The molecule has 2 aliphatic heterocycles. The van der Waals surface area contributed by atoms with Crippen molar-refractivity contribution >= 4 is 5.91 Å². The van der Waals surface area contributed by atoms with Crippen molar-refractivity contribution in [1.29, 1.82) is 0 Å². The lowest BCUT2D eigenvalue weighted by Crippen LogP contribution is -2.27. The second-order valence-corrected chi connectivity index (χ2v) is 11.3. The number of nitrogens with one attached hydrogen (secondary N) is 1. The van der Waals surface area contributed by atoms with E-state index in [1.54, 1.807) is 0 Å². The summed E-state index contributed by atoms with van der Waals surface area (Å²) in [4.78, 5) is 17.3. The highest BCUT2D eigenvalue weighted by molar-refractivity contribution is 5.99. The van der Waals surface area contributed by atoms with Gasteiger partial charge in [0, 0.05) is 42.0 Å². The molecule has 1 saturated heterocycles. The molecule has 35 heavy (non-hydrogen) atoms. The number of benzene rings is 2. The maximum Gasteiger partial charge on any atom is 0.255 e. The van der Waals surface area contributed by atoms with E-state index >= 15 is 0 Å². The molecule has 3 aliphatic rings. The van der Waals surface area contributed by atoms with Crippen molar-refractivity contribution in [2.45, 2.75) is 65.3 Å². The van der Waals surface area contributed by atoms with E-state index in [1.165, 1.54) is 11.3 Å². The van der Waals surface area contributed by atoms with E-state index in [0.717, 1.165) is 72.3 Å². The van der Waals surface area contributed by atoms with Crippen LogP contribution in [0.25, 0.3) is 11.3 Å². The van der Waals surface area contributed by atoms with E-state index in [2.05, 4.69) is 54.1 Å². The zero-order valence-corrected chi connectivity index (χ0v) is 20.8. The van der Waals surface area contributed by atoms with Gasteiger partial charge in [-0.05, 0) is 66.8 Å². The normalized spacial score (nSPS) is 20.8. The highest BCUT2D eigenvalue weighted by Gasteiger charge is 2.35. The maximum absolute atomic E-state index is 13.3. The first-order valence-corrected chi connectivity index (χ1v) is 12.8. The van der Waals surface area contributed by atoms with Gasteiger partial charge in [-0.3, -0.25) is 14.8 Å². The monoisotopic (exact) mass is 470 g/mol. The average Bonchev–Trinajstić information content (AvgIpc) is 3.62. The lowest BCUT2D eigenvalue weighted by molar-refractivity contribution is 0.0190. The number of fused-ring (bicyclic) bond motifs is 2. The number of rotatable bonds is 5. The number of hydrogen-bond donors (Lipinski definition) is 2. The summed E-state index contributed by atoms with van der Waals surface area (Å²) in [6.45, 7) is 9.16. The predicted molar refractivity (Wildman–Crippen MR) is 136 cm³/mol. The summed E-state index contributed by atoms with van der Waals surface area (Å²) < 4.78 is 0. The number of likely N-dealkylation sites (tertiary alicyclic amines) is 1. The van der Waals surface area contributed by atoms with Crippen LogP contribution in [0, 0.1) is 5.41 Å². The van der Waals surface area contributed by atoms with Crippen LogP contribution in [-0.4, -0.2) is 44.1 Å². The Morgan fingerprint density at radius 2 is 1.74 bits per heavy atom. The molecule has 0 bridgehead atoms. The molecule has 1 amide bonds. The van der Waals surface area contributed by atoms with E-state index in [0.29, 0.717) is 6.54 Å². The molecule has 2 atom stereocenters. The smallest absolute Gasteiger partial charge is 0.255 e. The van der Waals surface area contributed by atoms with Gasteiger partial charge in [-0.1, -0.05) is 44.2 Å². The van der Waals surface area contributed by atoms with Crippen LogP contribution in [0.5, 0.6) is 0 Å². The Kier molecular flexibility index (Phi) is 5.35. The number of nitrogens with zero attached hydrogens (tertiary/aromatic N) is 3. The predicted octanol–water partition coefficient (Wildman–Crippen LogP) is 5.01. The van der Waals surface area contributed by atoms with Crippen LogP contribution in [0.15, 0.2) is 42.5 Å². The zero-order valence-electron chi connectivity index (χ0n) is 20.8. The molecule has 6 nitrogen and oxygen atoms in total. The summed E-state index contributed by atoms with van der Waals surface area (Å²) >= 11 is 0. The Morgan fingerprint density at radius 1 is 1.03 bits per heavy atom. The van der Waals surface area contributed by atoms with Gasteiger partial charge in [-0.2, -0.15) is 5.10 Å². The summed E-state index contributed by atoms with van der Waals surface area (Å²) in [6, 6.07) is 14.2. The fourth-order valence-corrected chi connectivity index (χ4v) is 6.12. The summed E-state index contributed by atoms with van der Waals surface area (Å²) in [6.07, 6.45) is 3.79. The number of carbonyl (C=O) groups excluding carboxylic acids is 1. The first-order chi connectivity index (χ1) is 16.8. The third-order valence-corrected chi connectivity index (χ3v) is 8.15. The largest absolute Gasteiger partial charge is 0.374 e. The molecule has 1 fully saturated rings. The Morgan fingerprint density at radius 3 is 2.49 bits per heavy atom. The minimum Gasteiger partial charge on any atom is -0.374 e. The molecule has 1 aliphatic carbocycles. The highest BCUT2D eigenvalue weighted by atomic mass is 16.3. The van der Waals surface area contributed by atoms with Crippen LogP contribution in [-0.2, 0) is 19.4 Å². The van der Waals surface area contributed by atoms with Crippen LogP contribution in [0.1, 0.15) is 84.2 Å². The summed E-state index contributed by atoms with van der Waals surface area (Å²) in [5, 5.41) is 18.5. The van der Waals surface area contributed by atoms with Crippen molar-refractivity contribution in [3.05, 3.63) is 76.0 Å². The SMILES string of the molecule is C[C@H](c1ccc(C(O)N2CCCC2)cc1)N1Cc2cc(-c3n[nH]c4c3CC(C)(C)C4)ccc2C1=O. The van der Waals surface area contributed by atoms with Crippen molar-refractivity contribution in [1.82, 2.24) is 20.0 Å². The molecule has 1 unspecified atom stereocenters. The minimum absolute atomic E-state index is 0.0493. The van der Waals surface area contributed by atoms with Gasteiger partial charge in [-0.25, -0.2) is 0 Å². The highest BCUT2D eigenvalue weighted by Crippen LogP contribution is 2.41. The van der Waals surface area contributed by atoms with Crippen LogP contribution >= 0.6 is 0 Å². The number of aromatic amines is 1. The molecule has 3 heterocycles. The Labute approximate surface area is 207 Å². The van der Waals surface area contributed by atoms with Gasteiger partial charge in [0.25, 0.3) is 5.91 Å². The first kappa shape index (κ1) is 22.5. The standard InChI is InChI=1S/C29H34N4O2/c1-18(19-6-8-20(9-7-19)27(34)32-12-4-5-13-32)33-17-22-14-21(10-11-23(22)28(33)35)26-24-15-29(2,3)16-25(24)30-31-26/h6-11,14,18,27,34H,4-5,12-13,15-17H2,1-3H3,(H,30,31)/t18-,27?/m1/s1. The minimum atomic E-state index is -0.549. The van der Waals surface area contributed by atoms with Crippen molar-refractivity contribution in [2.24, 2.45) is 5.41 Å². The van der Waals surface area contributed by atoms with Crippen LogP contribution in [0.2, 0.25) is 0 Å². The first-order valence-electron chi connectivity index (χ1n) is 12.8. The number of carbonyl (C=O) groups is 1. The lowest BCUT2D eigenvalue weighted by atomic mass is 9.90. The Hall–Kier alpha value is -2.96. The number of amides is 1. The molecule has 0 radical (unpaired) electrons. The van der Waals surface area contributed by atoms with Crippen LogP contribution in [0.3, 0.4) is 0 Å². The van der Waals surface area contributed by atoms with E-state index < -0.39 is 6.23 Å². The molecule has 1 aromatic heterocycles. The second kappa shape index (κ2) is 8.32. The second-order valence-electron chi connectivity index (χ2n) is 11.3. The zero-order chi connectivity index (χ0) is 24.3. The van der Waals surface area contributed by atoms with Gasteiger partial charge >= 0.3 is 0 Å². The number of aliphatic hydroxyl groups is 1. The van der Waals surface area contributed by atoms with E-state index in [4.69, 9.17) is 0 Å². The van der Waals surface area contributed by atoms with Gasteiger partial charge in [0.1, 0.15) is 6.23 Å². The Bertz CT molecular complexity index is 1270. The Balaban J connectivity index is 1.20. The number of hydrogen-bond acceptors (Lipinski definition) is 4. The van der Waals surface area contributed by atoms with Gasteiger partial charge < -0.3 is 10.0 Å². The summed E-state index contributed by atoms with van der Waals surface area (Å²) in [5.41, 5.74) is 8.78. The van der Waals surface area contributed by atoms with Gasteiger partial charge in [0.2, 0.25) is 0 Å². The molecule has 2 aromatic carbocycles. The number of H-pyrrole nitrogens is 1. The molecule has 3 aromatic rings. The molecule has 0 saturated carbocycles. The molecular weight excluding hydrogens is 436 g/mol. The van der Waals surface area contributed by atoms with Crippen LogP contribution < -0.4 is 0 Å². The molecule has 6 rings (SSSR count). The van der Waals surface area contributed by atoms with Gasteiger partial charge in [0.05, 0.1) is 11.7 Å². The van der Waals surface area contributed by atoms with E-state index in [1.807, 2.05) is 29.2 Å². The van der Waals surface area contributed by atoms with Crippen molar-refractivity contribution in [3.8, 4) is 11.3 Å². The van der Waals surface area contributed by atoms with E-state index in [9.17, 15) is 9.90 Å². The third kappa shape index (κ3) is 3.89. The summed E-state index contributed by atoms with van der Waals surface area (Å²) in [7, 11) is 0. The third-order valence-electron chi connectivity index (χ3n) is 8.15. The van der Waals surface area contributed by atoms with E-state index in [-0.39, 0.29) is 17.4 Å². The molecule has 6 heteroatoms. The molecule has 182 valence electrons. The number of aromatic nitrogens is 2. The topological polar surface area (TPSA) is 72.5 Å². The molecular formula is C29H34N4O2. The fraction of sp³-hybridized carbons (Fsp3) is 0.448. The number of aliphatic hydroxyl groups excluding tert-OH is 1. The van der Waals surface area contributed by atoms with Gasteiger partial charge in [-0.15, -0.1) is 0 Å². The van der Waals surface area contributed by atoms with Crippen molar-refractivity contribution in [3.63, 3.8) is 0 Å². The molecule has 2 N–H and O–H groups in total. The quantitative estimate of drug-likeness (QED) is 0.550. The molecule has 0 spiro atoms. The average molecular weight is 471 g/mol. The van der Waals surface area contributed by atoms with Crippen LogP contribution in [0.4, 0.5) is 0 Å². The van der Waals surface area contributed by atoms with Crippen molar-refractivity contribution < 1.29 is 9.90 Å². The lowest BCUT2D eigenvalue weighted by Gasteiger charge is -2.26. The fourth-order valence-electron chi connectivity index (χ4n) is 6.12.